The number of nitrogens with zero attached hydrogens (tertiary/aromatic N) is 1. The molecule has 1 amide bonds. The van der Waals surface area contributed by atoms with Gasteiger partial charge in [0.25, 0.3) is 0 Å². The minimum Gasteiger partial charge on any atom is -0.497 e. The molecule has 1 heterocycles. The third kappa shape index (κ3) is 6.62. The van der Waals surface area contributed by atoms with Crippen molar-refractivity contribution in [3.05, 3.63) is 23.8 Å². The summed E-state index contributed by atoms with van der Waals surface area (Å²) in [5.41, 5.74) is 0.839. The zero-order valence-corrected chi connectivity index (χ0v) is 14.6. The van der Waals surface area contributed by atoms with Crippen LogP contribution in [0.3, 0.4) is 0 Å². The summed E-state index contributed by atoms with van der Waals surface area (Å²) in [5.74, 6) is 0.0981. The Labute approximate surface area is 147 Å². The molecule has 2 rings (SSSR count). The molecule has 1 aliphatic heterocycles. The molecule has 138 valence electrons. The van der Waals surface area contributed by atoms with Gasteiger partial charge in [0.2, 0.25) is 5.91 Å². The van der Waals surface area contributed by atoms with Gasteiger partial charge in [0.15, 0.2) is 0 Å². The number of benzene rings is 1. The van der Waals surface area contributed by atoms with Crippen molar-refractivity contribution < 1.29 is 24.2 Å². The molecule has 0 bridgehead atoms. The molecule has 25 heavy (non-hydrogen) atoms. The Hall–Kier alpha value is -2.28. The van der Waals surface area contributed by atoms with Crippen LogP contribution in [-0.2, 0) is 16.1 Å². The van der Waals surface area contributed by atoms with Gasteiger partial charge in [0.05, 0.1) is 13.5 Å². The molecule has 0 saturated carbocycles. The van der Waals surface area contributed by atoms with Crippen molar-refractivity contribution in [2.75, 3.05) is 33.4 Å². The van der Waals surface area contributed by atoms with E-state index < -0.39 is 5.97 Å². The molecule has 1 fully saturated rings. The fourth-order valence-corrected chi connectivity index (χ4v) is 2.74. The van der Waals surface area contributed by atoms with Crippen LogP contribution in [0.25, 0.3) is 0 Å². The van der Waals surface area contributed by atoms with Crippen molar-refractivity contribution in [2.45, 2.75) is 32.2 Å². The van der Waals surface area contributed by atoms with Gasteiger partial charge in [-0.2, -0.15) is 0 Å². The maximum atomic E-state index is 11.7. The summed E-state index contributed by atoms with van der Waals surface area (Å²) in [6.07, 6.45) is 2.28. The van der Waals surface area contributed by atoms with E-state index in [1.54, 1.807) is 7.11 Å². The second kappa shape index (κ2) is 9.88. The zero-order chi connectivity index (χ0) is 18.1. The summed E-state index contributed by atoms with van der Waals surface area (Å²) >= 11 is 0. The highest BCUT2D eigenvalue weighted by Crippen LogP contribution is 2.25. The average Bonchev–Trinajstić information content (AvgIpc) is 3.12. The molecule has 0 aliphatic carbocycles. The summed E-state index contributed by atoms with van der Waals surface area (Å²) < 4.78 is 11.1. The van der Waals surface area contributed by atoms with Crippen LogP contribution in [0, 0.1) is 0 Å². The Morgan fingerprint density at radius 2 is 2.00 bits per heavy atom. The quantitative estimate of drug-likeness (QED) is 0.667. The molecule has 0 aromatic heterocycles. The van der Waals surface area contributed by atoms with Gasteiger partial charge in [-0.05, 0) is 38.1 Å². The lowest BCUT2D eigenvalue weighted by Crippen LogP contribution is -2.26. The number of rotatable bonds is 10. The molecule has 2 N–H and O–H groups in total. The Morgan fingerprint density at radius 1 is 1.24 bits per heavy atom. The van der Waals surface area contributed by atoms with Crippen molar-refractivity contribution >= 4 is 11.9 Å². The van der Waals surface area contributed by atoms with Crippen LogP contribution in [0.2, 0.25) is 0 Å². The standard InChI is InChI=1S/C18H26N2O5/c1-24-15-5-4-14(13-19-17(21)6-7-18(22)23)16(12-15)25-11-10-20-8-2-3-9-20/h4-5,12H,2-3,6-11,13H2,1H3,(H,19,21)(H,22,23). The highest BCUT2D eigenvalue weighted by atomic mass is 16.5. The van der Waals surface area contributed by atoms with Gasteiger partial charge in [-0.25, -0.2) is 0 Å². The fourth-order valence-electron chi connectivity index (χ4n) is 2.74. The van der Waals surface area contributed by atoms with Crippen molar-refractivity contribution in [3.8, 4) is 11.5 Å². The van der Waals surface area contributed by atoms with E-state index in [1.165, 1.54) is 12.8 Å². The van der Waals surface area contributed by atoms with Crippen LogP contribution < -0.4 is 14.8 Å². The van der Waals surface area contributed by atoms with Crippen LogP contribution in [0.4, 0.5) is 0 Å². The molecule has 1 aromatic carbocycles. The maximum Gasteiger partial charge on any atom is 0.303 e. The van der Waals surface area contributed by atoms with Crippen LogP contribution >= 0.6 is 0 Å². The molecular weight excluding hydrogens is 324 g/mol. The Morgan fingerprint density at radius 3 is 2.68 bits per heavy atom. The number of nitrogens with one attached hydrogen (secondary N) is 1. The Balaban J connectivity index is 1.89. The van der Waals surface area contributed by atoms with Crippen molar-refractivity contribution in [3.63, 3.8) is 0 Å². The SMILES string of the molecule is COc1ccc(CNC(=O)CCC(=O)O)c(OCCN2CCCC2)c1. The van der Waals surface area contributed by atoms with Gasteiger partial charge in [-0.3, -0.25) is 14.5 Å². The van der Waals surface area contributed by atoms with Crippen LogP contribution in [0.15, 0.2) is 18.2 Å². The van der Waals surface area contributed by atoms with Gasteiger partial charge < -0.3 is 19.9 Å². The van der Waals surface area contributed by atoms with Crippen LogP contribution in [0.1, 0.15) is 31.2 Å². The monoisotopic (exact) mass is 350 g/mol. The smallest absolute Gasteiger partial charge is 0.303 e. The molecular formula is C18H26N2O5. The van der Waals surface area contributed by atoms with E-state index in [1.807, 2.05) is 18.2 Å². The number of hydrogen-bond donors (Lipinski definition) is 2. The first-order valence-corrected chi connectivity index (χ1v) is 8.59. The number of hydrogen-bond acceptors (Lipinski definition) is 5. The van der Waals surface area contributed by atoms with E-state index in [9.17, 15) is 9.59 Å². The molecule has 0 radical (unpaired) electrons. The molecule has 7 nitrogen and oxygen atoms in total. The Kier molecular flexibility index (Phi) is 7.53. The first-order valence-electron chi connectivity index (χ1n) is 8.59. The number of carbonyl (C=O) groups excluding carboxylic acids is 1. The Bertz CT molecular complexity index is 585. The minimum atomic E-state index is -0.981. The van der Waals surface area contributed by atoms with Crippen molar-refractivity contribution in [1.82, 2.24) is 10.2 Å². The van der Waals surface area contributed by atoms with Crippen molar-refractivity contribution in [2.24, 2.45) is 0 Å². The van der Waals surface area contributed by atoms with Gasteiger partial charge >= 0.3 is 5.97 Å². The predicted octanol–water partition coefficient (Wildman–Crippen LogP) is 1.65. The third-order valence-corrected chi connectivity index (χ3v) is 4.18. The zero-order valence-electron chi connectivity index (χ0n) is 14.6. The molecule has 0 atom stereocenters. The third-order valence-electron chi connectivity index (χ3n) is 4.18. The normalized spacial score (nSPS) is 14.3. The number of amides is 1. The maximum absolute atomic E-state index is 11.7. The van der Waals surface area contributed by atoms with Gasteiger partial charge in [-0.1, -0.05) is 0 Å². The number of carbonyl (C=O) groups is 2. The van der Waals surface area contributed by atoms with Gasteiger partial charge in [-0.15, -0.1) is 0 Å². The van der Waals surface area contributed by atoms with E-state index in [2.05, 4.69) is 10.2 Å². The van der Waals surface area contributed by atoms with Gasteiger partial charge in [0.1, 0.15) is 18.1 Å². The summed E-state index contributed by atoms with van der Waals surface area (Å²) in [6.45, 7) is 3.98. The van der Waals surface area contributed by atoms with Crippen LogP contribution in [-0.4, -0.2) is 55.2 Å². The highest BCUT2D eigenvalue weighted by molar-refractivity contribution is 5.80. The lowest BCUT2D eigenvalue weighted by Gasteiger charge is -2.17. The van der Waals surface area contributed by atoms with E-state index in [0.717, 1.165) is 25.2 Å². The summed E-state index contributed by atoms with van der Waals surface area (Å²) in [4.78, 5) is 24.6. The lowest BCUT2D eigenvalue weighted by atomic mass is 10.2. The second-order valence-electron chi connectivity index (χ2n) is 6.04. The molecule has 0 unspecified atom stereocenters. The van der Waals surface area contributed by atoms with Crippen molar-refractivity contribution in [1.29, 1.82) is 0 Å². The number of carboxylic acid groups (broad SMARTS) is 1. The van der Waals surface area contributed by atoms with E-state index in [4.69, 9.17) is 14.6 Å². The van der Waals surface area contributed by atoms with Crippen LogP contribution in [0.5, 0.6) is 11.5 Å². The number of aliphatic carboxylic acids is 1. The fraction of sp³-hybridized carbons (Fsp3) is 0.556. The van der Waals surface area contributed by atoms with E-state index in [-0.39, 0.29) is 18.7 Å². The molecule has 7 heteroatoms. The van der Waals surface area contributed by atoms with Gasteiger partial charge in [0, 0.05) is 31.1 Å². The first-order chi connectivity index (χ1) is 12.1. The number of methoxy groups -OCH3 is 1. The van der Waals surface area contributed by atoms with E-state index in [0.29, 0.717) is 24.7 Å². The molecule has 1 aliphatic rings. The summed E-state index contributed by atoms with van der Waals surface area (Å²) in [7, 11) is 1.59. The molecule has 1 saturated heterocycles. The van der Waals surface area contributed by atoms with E-state index >= 15 is 0 Å². The molecule has 0 spiro atoms. The summed E-state index contributed by atoms with van der Waals surface area (Å²) in [6, 6.07) is 5.47. The lowest BCUT2D eigenvalue weighted by molar-refractivity contribution is -0.138. The number of likely N-dealkylation sites (tertiary alicyclic amines) is 1. The average molecular weight is 350 g/mol. The first kappa shape index (κ1) is 19.1. The highest BCUT2D eigenvalue weighted by Gasteiger charge is 2.13. The largest absolute Gasteiger partial charge is 0.497 e. The number of ether oxygens (including phenoxy) is 2. The number of carboxylic acids is 1. The predicted molar refractivity (Wildman–Crippen MR) is 92.9 cm³/mol. The second-order valence-corrected chi connectivity index (χ2v) is 6.04. The topological polar surface area (TPSA) is 88.1 Å². The minimum absolute atomic E-state index is 0.0311. The molecule has 1 aromatic rings. The summed E-state index contributed by atoms with van der Waals surface area (Å²) in [5, 5.41) is 11.3.